The Hall–Kier alpha value is -2.84. The van der Waals surface area contributed by atoms with Gasteiger partial charge in [-0.15, -0.1) is 0 Å². The lowest BCUT2D eigenvalue weighted by atomic mass is 10.0. The molecule has 5 heteroatoms. The molecule has 0 spiro atoms. The van der Waals surface area contributed by atoms with Crippen molar-refractivity contribution in [2.75, 3.05) is 26.2 Å². The van der Waals surface area contributed by atoms with Crippen molar-refractivity contribution < 1.29 is 9.53 Å². The number of benzene rings is 2. The lowest BCUT2D eigenvalue weighted by Gasteiger charge is -2.21. The first-order valence-electron chi connectivity index (χ1n) is 10.4. The Kier molecular flexibility index (Phi) is 6.12. The van der Waals surface area contributed by atoms with Crippen molar-refractivity contribution in [2.24, 2.45) is 0 Å². The molecule has 0 saturated carbocycles. The number of para-hydroxylation sites is 1. The Morgan fingerprint density at radius 1 is 1.07 bits per heavy atom. The molecule has 5 nitrogen and oxygen atoms in total. The predicted molar refractivity (Wildman–Crippen MR) is 114 cm³/mol. The van der Waals surface area contributed by atoms with E-state index in [-0.39, 0.29) is 18.2 Å². The summed E-state index contributed by atoms with van der Waals surface area (Å²) in [6, 6.07) is 18.7. The van der Waals surface area contributed by atoms with Gasteiger partial charge in [-0.05, 0) is 30.0 Å². The summed E-state index contributed by atoms with van der Waals surface area (Å²) in [5.41, 5.74) is 2.46. The first-order chi connectivity index (χ1) is 14.2. The highest BCUT2D eigenvalue weighted by Crippen LogP contribution is 2.25. The smallest absolute Gasteiger partial charge is 0.349 e. The van der Waals surface area contributed by atoms with Crippen LogP contribution in [0.15, 0.2) is 54.6 Å². The van der Waals surface area contributed by atoms with E-state index in [1.807, 2.05) is 23.1 Å². The number of carbonyl (C=O) groups is 1. The van der Waals surface area contributed by atoms with E-state index < -0.39 is 0 Å². The zero-order valence-electron chi connectivity index (χ0n) is 16.7. The van der Waals surface area contributed by atoms with Crippen LogP contribution in [0.1, 0.15) is 30.4 Å². The van der Waals surface area contributed by atoms with E-state index in [1.54, 1.807) is 0 Å². The van der Waals surface area contributed by atoms with Gasteiger partial charge in [-0.2, -0.15) is 0 Å². The van der Waals surface area contributed by atoms with E-state index >= 15 is 0 Å². The number of hydrogen-bond donors (Lipinski definition) is 0. The number of likely N-dealkylation sites (tertiary alicyclic amines) is 2. The minimum Gasteiger partial charge on any atom is -0.489 e. The average molecular weight is 391 g/mol. The molecule has 1 amide bonds. The normalized spacial score (nSPS) is 21.8. The molecule has 2 aromatic rings. The molecule has 2 aromatic carbocycles. The van der Waals surface area contributed by atoms with E-state index in [2.05, 4.69) is 46.1 Å². The molecule has 0 N–H and O–H groups in total. The first kappa shape index (κ1) is 19.5. The average Bonchev–Trinajstić information content (AvgIpc) is 3.39. The van der Waals surface area contributed by atoms with Crippen molar-refractivity contribution in [3.8, 4) is 12.3 Å². The van der Waals surface area contributed by atoms with E-state index in [4.69, 9.17) is 11.3 Å². The number of carbonyl (C=O) groups excluding carboxylic acids is 1. The third-order valence-corrected chi connectivity index (χ3v) is 5.81. The van der Waals surface area contributed by atoms with Crippen molar-refractivity contribution in [1.29, 1.82) is 0 Å². The molecular formula is C24H28N3O2+. The largest absolute Gasteiger partial charge is 0.489 e. The van der Waals surface area contributed by atoms with Crippen molar-refractivity contribution in [3.05, 3.63) is 70.6 Å². The summed E-state index contributed by atoms with van der Waals surface area (Å²) < 4.78 is 6.35. The number of hydrogen-bond acceptors (Lipinski definition) is 3. The van der Waals surface area contributed by atoms with Gasteiger partial charge >= 0.3 is 6.17 Å². The summed E-state index contributed by atoms with van der Waals surface area (Å²) in [7, 11) is 0. The minimum atomic E-state index is -0.151. The van der Waals surface area contributed by atoms with E-state index in [9.17, 15) is 4.79 Å². The molecule has 29 heavy (non-hydrogen) atoms. The molecular weight excluding hydrogens is 362 g/mol. The zero-order chi connectivity index (χ0) is 20.1. The highest BCUT2D eigenvalue weighted by molar-refractivity contribution is 5.79. The summed E-state index contributed by atoms with van der Waals surface area (Å²) in [5, 5.41) is 0. The van der Waals surface area contributed by atoms with Crippen LogP contribution in [0.2, 0.25) is 0 Å². The maximum Gasteiger partial charge on any atom is 0.349 e. The molecule has 2 atom stereocenters. The summed E-state index contributed by atoms with van der Waals surface area (Å²) >= 11 is 0. The molecule has 150 valence electrons. The van der Waals surface area contributed by atoms with Gasteiger partial charge in [0.2, 0.25) is 5.91 Å². The third-order valence-electron chi connectivity index (χ3n) is 5.81. The van der Waals surface area contributed by atoms with Gasteiger partial charge in [0, 0.05) is 26.1 Å². The minimum absolute atomic E-state index is 0.105. The monoisotopic (exact) mass is 390 g/mol. The second-order valence-electron chi connectivity index (χ2n) is 7.89. The van der Waals surface area contributed by atoms with Crippen molar-refractivity contribution in [2.45, 2.75) is 38.0 Å². The Bertz CT molecular complexity index is 877. The fourth-order valence-corrected chi connectivity index (χ4v) is 4.27. The van der Waals surface area contributed by atoms with Crippen LogP contribution in [0.25, 0.3) is 4.85 Å². The molecule has 4 rings (SSSR count). The van der Waals surface area contributed by atoms with Crippen LogP contribution in [-0.2, 0) is 11.2 Å². The molecule has 0 radical (unpaired) electrons. The van der Waals surface area contributed by atoms with Gasteiger partial charge in [-0.3, -0.25) is 14.6 Å². The lowest BCUT2D eigenvalue weighted by Crippen LogP contribution is -2.41. The Morgan fingerprint density at radius 3 is 2.69 bits per heavy atom. The molecule has 2 fully saturated rings. The quantitative estimate of drug-likeness (QED) is 0.756. The fourth-order valence-electron chi connectivity index (χ4n) is 4.27. The highest BCUT2D eigenvalue weighted by atomic mass is 16.5. The van der Waals surface area contributed by atoms with Crippen LogP contribution < -0.4 is 4.74 Å². The van der Waals surface area contributed by atoms with Crippen molar-refractivity contribution >= 4 is 5.91 Å². The van der Waals surface area contributed by atoms with E-state index in [1.165, 1.54) is 11.1 Å². The van der Waals surface area contributed by atoms with Crippen LogP contribution >= 0.6 is 0 Å². The summed E-state index contributed by atoms with van der Waals surface area (Å²) in [4.78, 5) is 20.5. The van der Waals surface area contributed by atoms with Gasteiger partial charge in [0.1, 0.15) is 11.9 Å². The van der Waals surface area contributed by atoms with Gasteiger partial charge in [-0.25, -0.2) is 0 Å². The van der Waals surface area contributed by atoms with Gasteiger partial charge in [-0.1, -0.05) is 53.4 Å². The molecule has 0 unspecified atom stereocenters. The van der Waals surface area contributed by atoms with E-state index in [0.29, 0.717) is 6.54 Å². The maximum atomic E-state index is 12.6. The Balaban J connectivity index is 1.34. The fraction of sp³-hybridized carbons (Fsp3) is 0.417. The standard InChI is InChI=1S/C24H28N3O2/c1-25-23-12-7-14-27(23)24(28)18-26-15-13-21(17-26)29-22-11-6-5-10-20(22)16-19-8-3-2-4-9-19/h1-6,8-11,21,23H,7,12-18H2/q+1/t21-,23-/m0/s1. The van der Waals surface area contributed by atoms with Crippen molar-refractivity contribution in [1.82, 2.24) is 9.80 Å². The van der Waals surface area contributed by atoms with Gasteiger partial charge in [0.25, 0.3) is 6.57 Å². The maximum absolute atomic E-state index is 12.6. The third kappa shape index (κ3) is 4.78. The van der Waals surface area contributed by atoms with E-state index in [0.717, 1.165) is 51.1 Å². The first-order valence-corrected chi connectivity index (χ1v) is 10.4. The van der Waals surface area contributed by atoms with Gasteiger partial charge < -0.3 is 4.74 Å². The molecule has 2 heterocycles. The Morgan fingerprint density at radius 2 is 1.86 bits per heavy atom. The van der Waals surface area contributed by atoms with Crippen LogP contribution in [0.3, 0.4) is 0 Å². The molecule has 0 aromatic heterocycles. The van der Waals surface area contributed by atoms with Gasteiger partial charge in [0.15, 0.2) is 0 Å². The number of amides is 1. The molecule has 0 aliphatic carbocycles. The lowest BCUT2D eigenvalue weighted by molar-refractivity contribution is -0.132. The summed E-state index contributed by atoms with van der Waals surface area (Å²) in [6.45, 7) is 8.25. The Labute approximate surface area is 172 Å². The van der Waals surface area contributed by atoms with Crippen molar-refractivity contribution in [3.63, 3.8) is 0 Å². The molecule has 2 aliphatic rings. The molecule has 0 bridgehead atoms. The predicted octanol–water partition coefficient (Wildman–Crippen LogP) is 3.64. The van der Waals surface area contributed by atoms with Crippen LogP contribution in [-0.4, -0.2) is 54.2 Å². The highest BCUT2D eigenvalue weighted by Gasteiger charge is 2.37. The zero-order valence-corrected chi connectivity index (χ0v) is 16.7. The second-order valence-corrected chi connectivity index (χ2v) is 7.89. The van der Waals surface area contributed by atoms with Crippen LogP contribution in [0, 0.1) is 6.57 Å². The number of ether oxygens (including phenoxy) is 1. The molecule has 2 saturated heterocycles. The van der Waals surface area contributed by atoms with Crippen LogP contribution in [0.5, 0.6) is 5.75 Å². The summed E-state index contributed by atoms with van der Waals surface area (Å²) in [5.74, 6) is 1.06. The van der Waals surface area contributed by atoms with Crippen LogP contribution in [0.4, 0.5) is 0 Å². The second kappa shape index (κ2) is 9.11. The topological polar surface area (TPSA) is 37.1 Å². The molecule has 2 aliphatic heterocycles. The SMILES string of the molecule is C#[N+][C@@H]1CCCN1C(=O)CN1CC[C@H](Oc2ccccc2Cc2ccccc2)C1. The number of rotatable bonds is 6. The number of nitrogens with zero attached hydrogens (tertiary/aromatic N) is 3. The van der Waals surface area contributed by atoms with Gasteiger partial charge in [0.05, 0.1) is 13.0 Å². The summed E-state index contributed by atoms with van der Waals surface area (Å²) in [6.07, 6.45) is 3.57.